The van der Waals surface area contributed by atoms with Crippen molar-refractivity contribution in [3.63, 3.8) is 0 Å². The van der Waals surface area contributed by atoms with Gasteiger partial charge in [-0.15, -0.1) is 11.6 Å². The van der Waals surface area contributed by atoms with E-state index in [-0.39, 0.29) is 5.69 Å². The van der Waals surface area contributed by atoms with E-state index in [9.17, 15) is 9.18 Å². The van der Waals surface area contributed by atoms with Crippen LogP contribution in [-0.4, -0.2) is 23.4 Å². The normalized spacial score (nSPS) is 10.6. The molecule has 1 aromatic carbocycles. The highest BCUT2D eigenvalue weighted by Gasteiger charge is 2.14. The molecule has 7 heteroatoms. The molecule has 0 aliphatic heterocycles. The Morgan fingerprint density at radius 1 is 1.35 bits per heavy atom. The number of alkyl halides is 1. The third-order valence-corrected chi connectivity index (χ3v) is 2.95. The number of carbonyl (C=O) groups is 1. The fourth-order valence-electron chi connectivity index (χ4n) is 1.67. The minimum atomic E-state index is -0.805. The zero-order valence-corrected chi connectivity index (χ0v) is 11.7. The lowest BCUT2D eigenvalue weighted by Crippen LogP contribution is -2.05. The summed E-state index contributed by atoms with van der Waals surface area (Å²) < 4.78 is 22.9. The first-order valence-corrected chi connectivity index (χ1v) is 6.62. The number of ether oxygens (including phenoxy) is 1. The van der Waals surface area contributed by atoms with E-state index in [2.05, 4.69) is 9.27 Å². The van der Waals surface area contributed by atoms with Gasteiger partial charge in [0, 0.05) is 17.3 Å². The average Bonchev–Trinajstić information content (AvgIpc) is 2.46. The molecule has 0 aliphatic carbocycles. The highest BCUT2D eigenvalue weighted by molar-refractivity contribution is 6.17. The lowest BCUT2D eigenvalue weighted by atomic mass is 10.1. The first-order chi connectivity index (χ1) is 9.65. The summed E-state index contributed by atoms with van der Waals surface area (Å²) in [5, 5.41) is 0.464. The van der Waals surface area contributed by atoms with Crippen LogP contribution in [0.5, 0.6) is 5.75 Å². The van der Waals surface area contributed by atoms with Crippen molar-refractivity contribution in [1.82, 2.24) is 4.98 Å². The van der Waals surface area contributed by atoms with Crippen molar-refractivity contribution in [3.05, 3.63) is 35.8 Å². The Hall–Kier alpha value is -1.59. The largest absolute Gasteiger partial charge is 0.493 e. The Kier molecular flexibility index (Phi) is 4.98. The van der Waals surface area contributed by atoms with Gasteiger partial charge in [-0.1, -0.05) is 0 Å². The highest BCUT2D eigenvalue weighted by Crippen LogP contribution is 2.27. The Morgan fingerprint density at radius 2 is 2.15 bits per heavy atom. The molecule has 2 aromatic rings. The van der Waals surface area contributed by atoms with Crippen LogP contribution in [0.2, 0.25) is 0 Å². The molecule has 0 saturated carbocycles. The Morgan fingerprint density at radius 3 is 2.85 bits per heavy atom. The van der Waals surface area contributed by atoms with E-state index in [4.69, 9.17) is 28.2 Å². The van der Waals surface area contributed by atoms with Crippen LogP contribution >= 0.6 is 23.5 Å². The second kappa shape index (κ2) is 6.72. The lowest BCUT2D eigenvalue weighted by Gasteiger charge is -2.10. The van der Waals surface area contributed by atoms with Crippen molar-refractivity contribution in [1.29, 1.82) is 0 Å². The Bertz CT molecular complexity index is 636. The number of halogens is 3. The summed E-state index contributed by atoms with van der Waals surface area (Å²) in [7, 11) is 0. The van der Waals surface area contributed by atoms with E-state index in [1.165, 1.54) is 24.3 Å². The number of rotatable bonds is 5. The number of hydrogen-bond acceptors (Lipinski definition) is 4. The number of carbonyl (C=O) groups excluding carboxylic acids is 1. The van der Waals surface area contributed by atoms with Gasteiger partial charge in [-0.3, -0.25) is 0 Å². The van der Waals surface area contributed by atoms with E-state index in [0.29, 0.717) is 35.6 Å². The maximum atomic E-state index is 13.3. The van der Waals surface area contributed by atoms with Crippen molar-refractivity contribution in [3.8, 4) is 5.75 Å². The molecule has 0 spiro atoms. The molecule has 0 aliphatic rings. The molecule has 1 aromatic heterocycles. The molecule has 1 heterocycles. The molecule has 20 heavy (non-hydrogen) atoms. The standard InChI is InChI=1S/C13H10Cl2FNO3/c14-4-1-5-19-12-7-11(13(18)20-15)17-10-3-2-8(16)6-9(10)12/h2-3,6-7H,1,4-5H2. The first kappa shape index (κ1) is 14.8. The Balaban J connectivity index is 2.48. The van der Waals surface area contributed by atoms with Gasteiger partial charge in [0.2, 0.25) is 0 Å². The van der Waals surface area contributed by atoms with Crippen LogP contribution in [0, 0.1) is 5.82 Å². The predicted molar refractivity (Wildman–Crippen MR) is 73.8 cm³/mol. The van der Waals surface area contributed by atoms with Crippen molar-refractivity contribution in [2.75, 3.05) is 12.5 Å². The molecule has 4 nitrogen and oxygen atoms in total. The molecular formula is C13H10Cl2FNO3. The number of benzene rings is 1. The first-order valence-electron chi connectivity index (χ1n) is 5.77. The Labute approximate surface area is 124 Å². The van der Waals surface area contributed by atoms with Gasteiger partial charge in [0.15, 0.2) is 5.69 Å². The molecule has 0 fully saturated rings. The number of pyridine rings is 1. The van der Waals surface area contributed by atoms with Gasteiger partial charge >= 0.3 is 5.97 Å². The summed E-state index contributed by atoms with van der Waals surface area (Å²) in [5.74, 6) is -0.459. The van der Waals surface area contributed by atoms with E-state index >= 15 is 0 Å². The average molecular weight is 318 g/mol. The minimum absolute atomic E-state index is 0.0139. The molecule has 0 amide bonds. The zero-order chi connectivity index (χ0) is 14.5. The molecule has 0 bridgehead atoms. The van der Waals surface area contributed by atoms with Crippen molar-refractivity contribution in [2.24, 2.45) is 0 Å². The van der Waals surface area contributed by atoms with Gasteiger partial charge in [0.05, 0.1) is 12.1 Å². The topological polar surface area (TPSA) is 48.4 Å². The molecule has 0 radical (unpaired) electrons. The van der Waals surface area contributed by atoms with E-state index < -0.39 is 11.8 Å². The molecule has 0 saturated heterocycles. The summed E-state index contributed by atoms with van der Waals surface area (Å²) in [5.41, 5.74) is 0.395. The smallest absolute Gasteiger partial charge is 0.375 e. The van der Waals surface area contributed by atoms with E-state index in [0.717, 1.165) is 0 Å². The summed E-state index contributed by atoms with van der Waals surface area (Å²) in [6.07, 6.45) is 0.621. The van der Waals surface area contributed by atoms with Crippen molar-refractivity contribution >= 4 is 40.3 Å². The van der Waals surface area contributed by atoms with Crippen LogP contribution in [0.25, 0.3) is 10.9 Å². The fourth-order valence-corrected chi connectivity index (χ4v) is 1.86. The number of nitrogens with zero attached hydrogens (tertiary/aromatic N) is 1. The second-order valence-electron chi connectivity index (χ2n) is 3.92. The van der Waals surface area contributed by atoms with E-state index in [1.54, 1.807) is 0 Å². The molecule has 0 atom stereocenters. The predicted octanol–water partition coefficient (Wildman–Crippen LogP) is 3.69. The van der Waals surface area contributed by atoms with Crippen LogP contribution in [0.15, 0.2) is 24.3 Å². The van der Waals surface area contributed by atoms with Gasteiger partial charge in [0.25, 0.3) is 0 Å². The van der Waals surface area contributed by atoms with Crippen molar-refractivity contribution < 1.29 is 18.2 Å². The highest BCUT2D eigenvalue weighted by atomic mass is 35.5. The maximum Gasteiger partial charge on any atom is 0.375 e. The molecule has 0 N–H and O–H groups in total. The van der Waals surface area contributed by atoms with Gasteiger partial charge in [-0.2, -0.15) is 0 Å². The number of aromatic nitrogens is 1. The van der Waals surface area contributed by atoms with Gasteiger partial charge in [0.1, 0.15) is 23.4 Å². The molecular weight excluding hydrogens is 308 g/mol. The molecule has 2 rings (SSSR count). The van der Waals surface area contributed by atoms with Crippen LogP contribution in [0.4, 0.5) is 4.39 Å². The molecule has 0 unspecified atom stereocenters. The minimum Gasteiger partial charge on any atom is -0.493 e. The zero-order valence-electron chi connectivity index (χ0n) is 10.2. The second-order valence-corrected chi connectivity index (χ2v) is 4.45. The number of hydrogen-bond donors (Lipinski definition) is 0. The maximum absolute atomic E-state index is 13.3. The number of fused-ring (bicyclic) bond motifs is 1. The third-order valence-electron chi connectivity index (χ3n) is 2.55. The monoisotopic (exact) mass is 317 g/mol. The van der Waals surface area contributed by atoms with Crippen LogP contribution < -0.4 is 4.74 Å². The summed E-state index contributed by atoms with van der Waals surface area (Å²) in [6, 6.07) is 5.34. The van der Waals surface area contributed by atoms with Gasteiger partial charge in [-0.25, -0.2) is 14.2 Å². The quantitative estimate of drug-likeness (QED) is 0.623. The summed E-state index contributed by atoms with van der Waals surface area (Å²) >= 11 is 10.6. The van der Waals surface area contributed by atoms with Crippen LogP contribution in [-0.2, 0) is 4.29 Å². The van der Waals surface area contributed by atoms with Gasteiger partial charge < -0.3 is 9.03 Å². The lowest BCUT2D eigenvalue weighted by molar-refractivity contribution is 0.0745. The molecule has 106 valence electrons. The third kappa shape index (κ3) is 3.29. The van der Waals surface area contributed by atoms with Gasteiger partial charge in [-0.05, 0) is 24.6 Å². The fraction of sp³-hybridized carbons (Fsp3) is 0.231. The summed E-state index contributed by atoms with van der Waals surface area (Å²) in [6.45, 7) is 0.342. The van der Waals surface area contributed by atoms with Crippen LogP contribution in [0.3, 0.4) is 0 Å². The van der Waals surface area contributed by atoms with E-state index in [1.807, 2.05) is 0 Å². The summed E-state index contributed by atoms with van der Waals surface area (Å²) in [4.78, 5) is 15.5. The van der Waals surface area contributed by atoms with Crippen LogP contribution in [0.1, 0.15) is 16.9 Å². The van der Waals surface area contributed by atoms with Crippen molar-refractivity contribution in [2.45, 2.75) is 6.42 Å². The SMILES string of the molecule is O=C(OCl)c1cc(OCCCCl)c2cc(F)ccc2n1.